The normalized spacial score (nSPS) is 12.5. The van der Waals surface area contributed by atoms with Gasteiger partial charge in [-0.3, -0.25) is 9.59 Å². The van der Waals surface area contributed by atoms with Crippen LogP contribution in [0.3, 0.4) is 0 Å². The number of rotatable bonds is 2. The van der Waals surface area contributed by atoms with Crippen LogP contribution in [0.15, 0.2) is 16.9 Å². The Kier molecular flexibility index (Phi) is 2.48. The lowest BCUT2D eigenvalue weighted by Gasteiger charge is -2.08. The third-order valence-electron chi connectivity index (χ3n) is 1.76. The van der Waals surface area contributed by atoms with Crippen molar-refractivity contribution in [1.82, 2.24) is 4.98 Å². The van der Waals surface area contributed by atoms with Crippen LogP contribution < -0.4 is 11.3 Å². The molecule has 1 heterocycles. The molecule has 1 atom stereocenters. The molecule has 1 unspecified atom stereocenters. The van der Waals surface area contributed by atoms with Crippen molar-refractivity contribution in [2.75, 3.05) is 0 Å². The number of hydrogen-bond donors (Lipinski definition) is 3. The van der Waals surface area contributed by atoms with Gasteiger partial charge in [0.2, 0.25) is 5.56 Å². The molecule has 1 aromatic rings. The van der Waals surface area contributed by atoms with Gasteiger partial charge in [0.05, 0.1) is 0 Å². The number of aryl methyl sites for hydroxylation is 1. The highest BCUT2D eigenvalue weighted by Crippen LogP contribution is 2.11. The van der Waals surface area contributed by atoms with Crippen LogP contribution in [0.5, 0.6) is 0 Å². The van der Waals surface area contributed by atoms with Crippen LogP contribution >= 0.6 is 0 Å². The first-order chi connectivity index (χ1) is 6.02. The van der Waals surface area contributed by atoms with Gasteiger partial charge in [0, 0.05) is 11.8 Å². The summed E-state index contributed by atoms with van der Waals surface area (Å²) in [6.07, 6.45) is 0. The molecule has 0 fully saturated rings. The number of carbonyl (C=O) groups is 1. The van der Waals surface area contributed by atoms with Crippen molar-refractivity contribution < 1.29 is 9.90 Å². The summed E-state index contributed by atoms with van der Waals surface area (Å²) < 4.78 is 0. The van der Waals surface area contributed by atoms with Crippen molar-refractivity contribution in [3.63, 3.8) is 0 Å². The summed E-state index contributed by atoms with van der Waals surface area (Å²) in [5.41, 5.74) is 6.01. The van der Waals surface area contributed by atoms with Crippen molar-refractivity contribution in [2.45, 2.75) is 13.0 Å². The molecule has 0 bridgehead atoms. The zero-order valence-corrected chi connectivity index (χ0v) is 7.07. The SMILES string of the molecule is Cc1[nH]c(=O)ccc1C(N)C(=O)O. The zero-order chi connectivity index (χ0) is 10.0. The number of hydrogen-bond acceptors (Lipinski definition) is 3. The smallest absolute Gasteiger partial charge is 0.325 e. The third kappa shape index (κ3) is 1.94. The minimum atomic E-state index is -1.12. The maximum atomic E-state index is 10.8. The summed E-state index contributed by atoms with van der Waals surface area (Å²) in [6, 6.07) is 1.59. The average Bonchev–Trinajstić information content (AvgIpc) is 2.03. The molecule has 4 N–H and O–H groups in total. The summed E-state index contributed by atoms with van der Waals surface area (Å²) in [4.78, 5) is 23.8. The predicted octanol–water partition coefficient (Wildman–Crippen LogP) is -0.232. The van der Waals surface area contributed by atoms with Gasteiger partial charge in [-0.05, 0) is 18.6 Å². The zero-order valence-electron chi connectivity index (χ0n) is 7.07. The molecule has 0 aliphatic rings. The van der Waals surface area contributed by atoms with E-state index in [4.69, 9.17) is 10.8 Å². The van der Waals surface area contributed by atoms with Crippen LogP contribution in [0.2, 0.25) is 0 Å². The van der Waals surface area contributed by atoms with Gasteiger partial charge in [-0.2, -0.15) is 0 Å². The van der Waals surface area contributed by atoms with E-state index in [0.717, 1.165) is 0 Å². The molecule has 0 aliphatic carbocycles. The Balaban J connectivity index is 3.16. The van der Waals surface area contributed by atoms with Gasteiger partial charge in [0.1, 0.15) is 6.04 Å². The standard InChI is InChI=1S/C8H10N2O3/c1-4-5(7(9)8(12)13)2-3-6(11)10-4/h2-3,7H,9H2,1H3,(H,10,11)(H,12,13). The quantitative estimate of drug-likeness (QED) is 0.588. The van der Waals surface area contributed by atoms with Gasteiger partial charge >= 0.3 is 5.97 Å². The number of nitrogens with one attached hydrogen (secondary N) is 1. The summed E-state index contributed by atoms with van der Waals surface area (Å²) >= 11 is 0. The fourth-order valence-electron chi connectivity index (χ4n) is 1.06. The second-order valence-corrected chi connectivity index (χ2v) is 2.72. The fraction of sp³-hybridized carbons (Fsp3) is 0.250. The van der Waals surface area contributed by atoms with Gasteiger partial charge in [-0.15, -0.1) is 0 Å². The van der Waals surface area contributed by atoms with E-state index in [1.54, 1.807) is 6.92 Å². The largest absolute Gasteiger partial charge is 0.480 e. The Bertz CT molecular complexity index is 383. The molecule has 0 radical (unpaired) electrons. The van der Waals surface area contributed by atoms with Gasteiger partial charge in [0.15, 0.2) is 0 Å². The minimum absolute atomic E-state index is 0.265. The number of nitrogens with two attached hydrogens (primary N) is 1. The van der Waals surface area contributed by atoms with E-state index >= 15 is 0 Å². The molecule has 5 heteroatoms. The first kappa shape index (κ1) is 9.47. The molecule has 5 nitrogen and oxygen atoms in total. The Morgan fingerprint density at radius 3 is 2.69 bits per heavy atom. The summed E-state index contributed by atoms with van der Waals surface area (Å²) in [5.74, 6) is -1.12. The lowest BCUT2D eigenvalue weighted by atomic mass is 10.1. The Morgan fingerprint density at radius 1 is 1.62 bits per heavy atom. The maximum absolute atomic E-state index is 10.8. The fourth-order valence-corrected chi connectivity index (χ4v) is 1.06. The average molecular weight is 182 g/mol. The molecule has 0 saturated heterocycles. The molecule has 70 valence electrons. The van der Waals surface area contributed by atoms with E-state index in [1.165, 1.54) is 12.1 Å². The van der Waals surface area contributed by atoms with Crippen molar-refractivity contribution >= 4 is 5.97 Å². The van der Waals surface area contributed by atoms with Crippen molar-refractivity contribution in [3.8, 4) is 0 Å². The van der Waals surface area contributed by atoms with Gasteiger partial charge < -0.3 is 15.8 Å². The van der Waals surface area contributed by atoms with Crippen molar-refractivity contribution in [2.24, 2.45) is 5.73 Å². The highest BCUT2D eigenvalue weighted by atomic mass is 16.4. The second-order valence-electron chi connectivity index (χ2n) is 2.72. The summed E-state index contributed by atoms with van der Waals surface area (Å²) in [5, 5.41) is 8.61. The first-order valence-corrected chi connectivity index (χ1v) is 3.70. The van der Waals surface area contributed by atoms with Gasteiger partial charge in [0.25, 0.3) is 0 Å². The molecule has 0 saturated carbocycles. The molecule has 0 spiro atoms. The number of H-pyrrole nitrogens is 1. The molecule has 0 aromatic carbocycles. The number of pyridine rings is 1. The van der Waals surface area contributed by atoms with Crippen molar-refractivity contribution in [3.05, 3.63) is 33.7 Å². The summed E-state index contributed by atoms with van der Waals surface area (Å²) in [6.45, 7) is 1.61. The molecule has 13 heavy (non-hydrogen) atoms. The van der Waals surface area contributed by atoms with E-state index in [2.05, 4.69) is 4.98 Å². The van der Waals surface area contributed by atoms with E-state index < -0.39 is 12.0 Å². The van der Waals surface area contributed by atoms with E-state index in [9.17, 15) is 9.59 Å². The number of aromatic nitrogens is 1. The number of aromatic amines is 1. The predicted molar refractivity (Wildman–Crippen MR) is 46.4 cm³/mol. The lowest BCUT2D eigenvalue weighted by Crippen LogP contribution is -2.23. The van der Waals surface area contributed by atoms with Crippen molar-refractivity contribution in [1.29, 1.82) is 0 Å². The Morgan fingerprint density at radius 2 is 2.23 bits per heavy atom. The molecule has 0 amide bonds. The molecular weight excluding hydrogens is 172 g/mol. The maximum Gasteiger partial charge on any atom is 0.325 e. The summed E-state index contributed by atoms with van der Waals surface area (Å²) in [7, 11) is 0. The Hall–Kier alpha value is -1.62. The molecular formula is C8H10N2O3. The van der Waals surface area contributed by atoms with Gasteiger partial charge in [-0.25, -0.2) is 0 Å². The topological polar surface area (TPSA) is 96.2 Å². The molecule has 0 aliphatic heterocycles. The highest BCUT2D eigenvalue weighted by Gasteiger charge is 2.16. The van der Waals surface area contributed by atoms with Crippen LogP contribution in [0.4, 0.5) is 0 Å². The van der Waals surface area contributed by atoms with Crippen LogP contribution in [-0.2, 0) is 4.79 Å². The van der Waals surface area contributed by atoms with E-state index in [-0.39, 0.29) is 5.56 Å². The van der Waals surface area contributed by atoms with Crippen LogP contribution in [0, 0.1) is 6.92 Å². The third-order valence-corrected chi connectivity index (χ3v) is 1.76. The highest BCUT2D eigenvalue weighted by molar-refractivity contribution is 5.75. The number of carboxylic acids is 1. The van der Waals surface area contributed by atoms with Crippen LogP contribution in [0.1, 0.15) is 17.3 Å². The second kappa shape index (κ2) is 3.40. The Labute approximate surface area is 74.2 Å². The monoisotopic (exact) mass is 182 g/mol. The van der Waals surface area contributed by atoms with E-state index in [1.807, 2.05) is 0 Å². The molecule has 1 rings (SSSR count). The first-order valence-electron chi connectivity index (χ1n) is 3.70. The molecule has 1 aromatic heterocycles. The van der Waals surface area contributed by atoms with Crippen LogP contribution in [-0.4, -0.2) is 16.1 Å². The van der Waals surface area contributed by atoms with E-state index in [0.29, 0.717) is 11.3 Å². The number of carboxylic acid groups (broad SMARTS) is 1. The number of aliphatic carboxylic acids is 1. The van der Waals surface area contributed by atoms with Gasteiger partial charge in [-0.1, -0.05) is 0 Å². The lowest BCUT2D eigenvalue weighted by molar-refractivity contribution is -0.138. The minimum Gasteiger partial charge on any atom is -0.480 e. The van der Waals surface area contributed by atoms with Crippen LogP contribution in [0.25, 0.3) is 0 Å².